The Morgan fingerprint density at radius 1 is 1.14 bits per heavy atom. The van der Waals surface area contributed by atoms with E-state index in [9.17, 15) is 0 Å². The summed E-state index contributed by atoms with van der Waals surface area (Å²) >= 11 is 2.01. The van der Waals surface area contributed by atoms with Crippen molar-refractivity contribution in [1.29, 1.82) is 0 Å². The van der Waals surface area contributed by atoms with E-state index >= 15 is 0 Å². The van der Waals surface area contributed by atoms with Crippen molar-refractivity contribution in [2.45, 2.75) is 34.6 Å². The fourth-order valence-electron chi connectivity index (χ4n) is 4.32. The summed E-state index contributed by atoms with van der Waals surface area (Å²) in [5.41, 5.74) is 2.50. The van der Waals surface area contributed by atoms with Gasteiger partial charge in [0, 0.05) is 39.8 Å². The summed E-state index contributed by atoms with van der Waals surface area (Å²) in [4.78, 5) is 1.39. The van der Waals surface area contributed by atoms with Gasteiger partial charge in [-0.3, -0.25) is 0 Å². The Morgan fingerprint density at radius 3 is 2.90 bits per heavy atom. The molecular weight excluding hydrogens is 278 g/mol. The van der Waals surface area contributed by atoms with Gasteiger partial charge in [-0.2, -0.15) is 0 Å². The SMILES string of the molecule is C[C@H]1NC[C@H]2Sc3ccccc3[C@@]13Oc1ccccc1[C@H]23. The second-order valence-electron chi connectivity index (χ2n) is 6.19. The molecule has 2 nitrogen and oxygen atoms in total. The maximum atomic E-state index is 6.63. The van der Waals surface area contributed by atoms with Crippen molar-refractivity contribution in [2.75, 3.05) is 6.54 Å². The summed E-state index contributed by atoms with van der Waals surface area (Å²) < 4.78 is 6.63. The van der Waals surface area contributed by atoms with Gasteiger partial charge >= 0.3 is 0 Å². The highest BCUT2D eigenvalue weighted by Gasteiger charge is 2.61. The van der Waals surface area contributed by atoms with Gasteiger partial charge in [-0.05, 0) is 19.1 Å². The fourth-order valence-corrected chi connectivity index (χ4v) is 5.83. The van der Waals surface area contributed by atoms with Gasteiger partial charge in [0.1, 0.15) is 5.75 Å². The first-order valence-corrected chi connectivity index (χ1v) is 8.46. The second-order valence-corrected chi connectivity index (χ2v) is 7.47. The van der Waals surface area contributed by atoms with Crippen LogP contribution in [-0.2, 0) is 5.60 Å². The number of thioether (sulfide) groups is 1. The number of hydrogen-bond donors (Lipinski definition) is 1. The maximum absolute atomic E-state index is 6.63. The molecule has 1 saturated heterocycles. The summed E-state index contributed by atoms with van der Waals surface area (Å²) in [6.07, 6.45) is 0. The van der Waals surface area contributed by atoms with Crippen LogP contribution in [-0.4, -0.2) is 17.8 Å². The van der Waals surface area contributed by atoms with Gasteiger partial charge in [0.05, 0.1) is 0 Å². The molecule has 3 aliphatic heterocycles. The molecule has 106 valence electrons. The maximum Gasteiger partial charge on any atom is 0.158 e. The highest BCUT2D eigenvalue weighted by molar-refractivity contribution is 8.00. The lowest BCUT2D eigenvalue weighted by Gasteiger charge is -2.51. The molecule has 0 aliphatic carbocycles. The van der Waals surface area contributed by atoms with Crippen molar-refractivity contribution in [2.24, 2.45) is 0 Å². The van der Waals surface area contributed by atoms with Crippen molar-refractivity contribution in [3.05, 3.63) is 59.7 Å². The zero-order valence-corrected chi connectivity index (χ0v) is 12.7. The van der Waals surface area contributed by atoms with Gasteiger partial charge in [-0.1, -0.05) is 36.4 Å². The van der Waals surface area contributed by atoms with Crippen molar-refractivity contribution in [1.82, 2.24) is 5.32 Å². The molecule has 1 N–H and O–H groups in total. The molecule has 1 fully saturated rings. The second kappa shape index (κ2) is 4.05. The molecule has 2 aromatic carbocycles. The molecule has 3 aliphatic rings. The molecule has 21 heavy (non-hydrogen) atoms. The lowest BCUT2D eigenvalue weighted by Crippen LogP contribution is -2.62. The first-order valence-electron chi connectivity index (χ1n) is 7.58. The van der Waals surface area contributed by atoms with E-state index in [-0.39, 0.29) is 5.60 Å². The Hall–Kier alpha value is -1.45. The lowest BCUT2D eigenvalue weighted by molar-refractivity contribution is 0.00552. The Morgan fingerprint density at radius 2 is 1.95 bits per heavy atom. The number of ether oxygens (including phenoxy) is 1. The molecule has 2 bridgehead atoms. The fraction of sp³-hybridized carbons (Fsp3) is 0.333. The molecule has 0 unspecified atom stereocenters. The largest absolute Gasteiger partial charge is 0.480 e. The number of hydrogen-bond acceptors (Lipinski definition) is 3. The molecule has 0 radical (unpaired) electrons. The topological polar surface area (TPSA) is 21.3 Å². The summed E-state index contributed by atoms with van der Waals surface area (Å²) in [5.74, 6) is 1.52. The molecule has 3 heteroatoms. The minimum absolute atomic E-state index is 0.242. The van der Waals surface area contributed by atoms with E-state index < -0.39 is 0 Å². The van der Waals surface area contributed by atoms with Crippen LogP contribution in [0.1, 0.15) is 24.0 Å². The Bertz CT molecular complexity index is 731. The Balaban J connectivity index is 1.82. The minimum Gasteiger partial charge on any atom is -0.480 e. The number of piperidine rings is 1. The third-order valence-electron chi connectivity index (χ3n) is 5.22. The zero-order valence-electron chi connectivity index (χ0n) is 11.9. The van der Waals surface area contributed by atoms with Gasteiger partial charge in [-0.25, -0.2) is 0 Å². The number of benzene rings is 2. The molecule has 0 aromatic heterocycles. The average Bonchev–Trinajstić information content (AvgIpc) is 2.89. The smallest absolute Gasteiger partial charge is 0.158 e. The number of rotatable bonds is 0. The van der Waals surface area contributed by atoms with E-state index in [4.69, 9.17) is 4.74 Å². The van der Waals surface area contributed by atoms with Crippen LogP contribution in [0, 0.1) is 0 Å². The summed E-state index contributed by atoms with van der Waals surface area (Å²) in [6.45, 7) is 3.31. The predicted octanol–water partition coefficient (Wildman–Crippen LogP) is 3.52. The standard InChI is InChI=1S/C18H17NOS/c1-11-18-13-7-3-5-9-15(13)21-16(10-19-11)17(18)12-6-2-4-8-14(12)20-18/h2-9,11,16-17,19H,10H2,1H3/t11-,16-,17-,18+/m1/s1. The van der Waals surface area contributed by atoms with Crippen LogP contribution >= 0.6 is 11.8 Å². The Labute approximate surface area is 128 Å². The summed E-state index contributed by atoms with van der Waals surface area (Å²) in [5, 5.41) is 4.22. The van der Waals surface area contributed by atoms with Crippen LogP contribution in [0.3, 0.4) is 0 Å². The Kier molecular flexibility index (Phi) is 2.34. The molecule has 0 amide bonds. The molecule has 3 heterocycles. The highest BCUT2D eigenvalue weighted by atomic mass is 32.2. The van der Waals surface area contributed by atoms with Gasteiger partial charge in [0.25, 0.3) is 0 Å². The first-order chi connectivity index (χ1) is 10.3. The van der Waals surface area contributed by atoms with Crippen molar-refractivity contribution >= 4 is 11.8 Å². The van der Waals surface area contributed by atoms with Crippen LogP contribution in [0.25, 0.3) is 0 Å². The third kappa shape index (κ3) is 1.39. The predicted molar refractivity (Wildman–Crippen MR) is 85.0 cm³/mol. The van der Waals surface area contributed by atoms with Crippen molar-refractivity contribution < 1.29 is 4.74 Å². The van der Waals surface area contributed by atoms with Crippen LogP contribution in [0.2, 0.25) is 0 Å². The molecule has 0 spiro atoms. The van der Waals surface area contributed by atoms with Crippen molar-refractivity contribution in [3.8, 4) is 5.75 Å². The lowest BCUT2D eigenvalue weighted by atomic mass is 9.70. The molecule has 2 aromatic rings. The van der Waals surface area contributed by atoms with E-state index in [1.54, 1.807) is 0 Å². The quantitative estimate of drug-likeness (QED) is 0.803. The van der Waals surface area contributed by atoms with Crippen LogP contribution in [0.15, 0.2) is 53.4 Å². The first kappa shape index (κ1) is 12.1. The van der Waals surface area contributed by atoms with E-state index in [0.29, 0.717) is 17.2 Å². The summed E-state index contributed by atoms with van der Waals surface area (Å²) in [7, 11) is 0. The number of fused-ring (bicyclic) bond motifs is 2. The molecular formula is C18H17NOS. The van der Waals surface area contributed by atoms with Crippen LogP contribution in [0.4, 0.5) is 0 Å². The van der Waals surface area contributed by atoms with Crippen LogP contribution in [0.5, 0.6) is 5.75 Å². The molecule has 0 saturated carbocycles. The third-order valence-corrected chi connectivity index (χ3v) is 6.57. The number of para-hydroxylation sites is 1. The van der Waals surface area contributed by atoms with Gasteiger partial charge in [0.15, 0.2) is 5.60 Å². The van der Waals surface area contributed by atoms with Gasteiger partial charge in [-0.15, -0.1) is 11.8 Å². The van der Waals surface area contributed by atoms with Gasteiger partial charge < -0.3 is 10.1 Å². The van der Waals surface area contributed by atoms with Crippen LogP contribution < -0.4 is 10.1 Å². The zero-order chi connectivity index (χ0) is 14.0. The molecule has 5 rings (SSSR count). The highest BCUT2D eigenvalue weighted by Crippen LogP contribution is 2.62. The normalized spacial score (nSPS) is 35.4. The summed E-state index contributed by atoms with van der Waals surface area (Å²) in [6, 6.07) is 17.7. The van der Waals surface area contributed by atoms with E-state index in [1.165, 1.54) is 16.0 Å². The van der Waals surface area contributed by atoms with E-state index in [0.717, 1.165) is 12.3 Å². The minimum atomic E-state index is -0.242. The number of nitrogens with one attached hydrogen (secondary N) is 1. The average molecular weight is 295 g/mol. The monoisotopic (exact) mass is 295 g/mol. The van der Waals surface area contributed by atoms with E-state index in [1.807, 2.05) is 11.8 Å². The molecule has 4 atom stereocenters. The van der Waals surface area contributed by atoms with Gasteiger partial charge in [0.2, 0.25) is 0 Å². The van der Waals surface area contributed by atoms with E-state index in [2.05, 4.69) is 60.8 Å². The van der Waals surface area contributed by atoms with Crippen molar-refractivity contribution in [3.63, 3.8) is 0 Å².